The Labute approximate surface area is 130 Å². The summed E-state index contributed by atoms with van der Waals surface area (Å²) in [7, 11) is 0. The molecule has 0 radical (unpaired) electrons. The molecule has 0 saturated heterocycles. The maximum absolute atomic E-state index is 12.0. The molecule has 0 aliphatic carbocycles. The van der Waals surface area contributed by atoms with E-state index in [9.17, 15) is 14.4 Å². The highest BCUT2D eigenvalue weighted by Gasteiger charge is 2.29. The molecule has 122 valence electrons. The second kappa shape index (κ2) is 11.4. The monoisotopic (exact) mass is 319 g/mol. The third-order valence-corrected chi connectivity index (χ3v) is 3.44. The Bertz CT molecular complexity index is 348. The van der Waals surface area contributed by atoms with E-state index in [1.807, 2.05) is 6.26 Å². The van der Waals surface area contributed by atoms with Crippen LogP contribution in [0.2, 0.25) is 0 Å². The zero-order valence-electron chi connectivity index (χ0n) is 13.2. The van der Waals surface area contributed by atoms with Gasteiger partial charge in [0.05, 0.1) is 19.6 Å². The van der Waals surface area contributed by atoms with Crippen molar-refractivity contribution in [3.8, 4) is 0 Å². The summed E-state index contributed by atoms with van der Waals surface area (Å²) in [4.78, 5) is 36.6. The molecule has 0 unspecified atom stereocenters. The van der Waals surface area contributed by atoms with Crippen LogP contribution < -0.4 is 0 Å². The lowest BCUT2D eigenvalue weighted by atomic mass is 10.1. The van der Waals surface area contributed by atoms with Crippen LogP contribution >= 0.6 is 11.8 Å². The van der Waals surface area contributed by atoms with E-state index in [0.29, 0.717) is 13.0 Å². The number of hydrogen-bond acceptors (Lipinski definition) is 6. The predicted molar refractivity (Wildman–Crippen MR) is 82.1 cm³/mol. The number of amides is 1. The quantitative estimate of drug-likeness (QED) is 0.568. The van der Waals surface area contributed by atoms with Gasteiger partial charge in [-0.15, -0.1) is 0 Å². The van der Waals surface area contributed by atoms with E-state index in [1.165, 1.54) is 11.8 Å². The lowest BCUT2D eigenvalue weighted by Gasteiger charge is -2.29. The van der Waals surface area contributed by atoms with Crippen LogP contribution in [0.1, 0.15) is 33.6 Å². The highest BCUT2D eigenvalue weighted by Crippen LogP contribution is 2.12. The molecule has 0 N–H and O–H groups in total. The summed E-state index contributed by atoms with van der Waals surface area (Å²) in [5, 5.41) is 0. The molecule has 0 rings (SSSR count). The van der Waals surface area contributed by atoms with E-state index in [2.05, 4.69) is 0 Å². The van der Waals surface area contributed by atoms with E-state index in [4.69, 9.17) is 9.47 Å². The molecule has 0 bridgehead atoms. The zero-order chi connectivity index (χ0) is 16.3. The minimum atomic E-state index is -0.649. The first kappa shape index (κ1) is 19.8. The number of carbonyl (C=O) groups excluding carboxylic acids is 3. The van der Waals surface area contributed by atoms with E-state index in [0.717, 1.165) is 5.75 Å². The molecule has 21 heavy (non-hydrogen) atoms. The first-order chi connectivity index (χ1) is 9.97. The lowest BCUT2D eigenvalue weighted by molar-refractivity contribution is -0.155. The van der Waals surface area contributed by atoms with Crippen LogP contribution in [0.4, 0.5) is 0 Å². The van der Waals surface area contributed by atoms with Crippen molar-refractivity contribution in [2.45, 2.75) is 39.7 Å². The molecule has 1 amide bonds. The predicted octanol–water partition coefficient (Wildman–Crippen LogP) is 1.47. The van der Waals surface area contributed by atoms with Crippen LogP contribution in [-0.4, -0.2) is 60.6 Å². The molecule has 7 heteroatoms. The smallest absolute Gasteiger partial charge is 0.328 e. The number of carbonyl (C=O) groups is 3. The number of hydrogen-bond donors (Lipinski definition) is 0. The Morgan fingerprint density at radius 2 is 1.76 bits per heavy atom. The molecule has 0 saturated carbocycles. The van der Waals surface area contributed by atoms with Gasteiger partial charge in [0, 0.05) is 13.5 Å². The van der Waals surface area contributed by atoms with Gasteiger partial charge in [-0.3, -0.25) is 9.59 Å². The molecule has 0 aromatic carbocycles. The van der Waals surface area contributed by atoms with Crippen LogP contribution in [0.5, 0.6) is 0 Å². The maximum atomic E-state index is 12.0. The summed E-state index contributed by atoms with van der Waals surface area (Å²) < 4.78 is 9.87. The van der Waals surface area contributed by atoms with Crippen molar-refractivity contribution >= 4 is 29.6 Å². The van der Waals surface area contributed by atoms with Crippen LogP contribution in [-0.2, 0) is 23.9 Å². The average molecular weight is 319 g/mol. The minimum Gasteiger partial charge on any atom is -0.466 e. The van der Waals surface area contributed by atoms with Gasteiger partial charge in [0.2, 0.25) is 5.91 Å². The van der Waals surface area contributed by atoms with Gasteiger partial charge in [0.15, 0.2) is 0 Å². The maximum Gasteiger partial charge on any atom is 0.328 e. The summed E-state index contributed by atoms with van der Waals surface area (Å²) in [6, 6.07) is -0.649. The second-order valence-electron chi connectivity index (χ2n) is 4.32. The second-order valence-corrected chi connectivity index (χ2v) is 5.30. The fourth-order valence-electron chi connectivity index (χ4n) is 1.85. The lowest BCUT2D eigenvalue weighted by Crippen LogP contribution is -2.46. The summed E-state index contributed by atoms with van der Waals surface area (Å²) >= 11 is 1.59. The molecule has 1 atom stereocenters. The van der Waals surface area contributed by atoms with Gasteiger partial charge in [0.25, 0.3) is 0 Å². The van der Waals surface area contributed by atoms with Crippen molar-refractivity contribution in [2.75, 3.05) is 31.8 Å². The van der Waals surface area contributed by atoms with Crippen LogP contribution in [0.3, 0.4) is 0 Å². The molecule has 0 heterocycles. The Morgan fingerprint density at radius 1 is 1.14 bits per heavy atom. The molecular weight excluding hydrogens is 294 g/mol. The molecule has 0 aromatic heterocycles. The molecule has 0 fully saturated rings. The average Bonchev–Trinajstić information content (AvgIpc) is 2.42. The molecule has 0 spiro atoms. The van der Waals surface area contributed by atoms with Crippen molar-refractivity contribution in [1.29, 1.82) is 0 Å². The third kappa shape index (κ3) is 7.94. The van der Waals surface area contributed by atoms with Gasteiger partial charge >= 0.3 is 11.9 Å². The SMILES string of the molecule is CCOC(=O)CCN(C(C)=O)[C@H](CCSC)C(=O)OCC. The van der Waals surface area contributed by atoms with Crippen molar-refractivity contribution in [1.82, 2.24) is 4.90 Å². The van der Waals surface area contributed by atoms with Crippen LogP contribution in [0.25, 0.3) is 0 Å². The number of ether oxygens (including phenoxy) is 2. The van der Waals surface area contributed by atoms with Crippen LogP contribution in [0, 0.1) is 0 Å². The highest BCUT2D eigenvalue weighted by molar-refractivity contribution is 7.98. The molecule has 0 aromatic rings. The Hall–Kier alpha value is -1.24. The van der Waals surface area contributed by atoms with Gasteiger partial charge < -0.3 is 14.4 Å². The minimum absolute atomic E-state index is 0.0720. The van der Waals surface area contributed by atoms with Gasteiger partial charge in [-0.1, -0.05) is 0 Å². The zero-order valence-corrected chi connectivity index (χ0v) is 14.0. The number of esters is 2. The Morgan fingerprint density at radius 3 is 2.24 bits per heavy atom. The first-order valence-corrected chi connectivity index (χ1v) is 8.45. The topological polar surface area (TPSA) is 72.9 Å². The standard InChI is InChI=1S/C14H25NO5S/c1-5-19-13(17)7-9-15(11(3)16)12(8-10-21-4)14(18)20-6-2/h12H,5-10H2,1-4H3/t12-/m1/s1. The number of nitrogens with zero attached hydrogens (tertiary/aromatic N) is 1. The first-order valence-electron chi connectivity index (χ1n) is 7.06. The Balaban J connectivity index is 4.82. The molecule has 0 aliphatic heterocycles. The fourth-order valence-corrected chi connectivity index (χ4v) is 2.31. The highest BCUT2D eigenvalue weighted by atomic mass is 32.2. The van der Waals surface area contributed by atoms with Gasteiger partial charge in [-0.05, 0) is 32.3 Å². The van der Waals surface area contributed by atoms with Crippen molar-refractivity contribution in [3.05, 3.63) is 0 Å². The van der Waals surface area contributed by atoms with Crippen molar-refractivity contribution in [3.63, 3.8) is 0 Å². The number of thioether (sulfide) groups is 1. The van der Waals surface area contributed by atoms with E-state index in [1.54, 1.807) is 25.6 Å². The van der Waals surface area contributed by atoms with Gasteiger partial charge in [-0.2, -0.15) is 11.8 Å². The largest absolute Gasteiger partial charge is 0.466 e. The molecule has 0 aliphatic rings. The molecule has 6 nitrogen and oxygen atoms in total. The van der Waals surface area contributed by atoms with Gasteiger partial charge in [0.1, 0.15) is 6.04 Å². The number of rotatable bonds is 10. The Kier molecular flexibility index (Phi) is 10.7. The summed E-state index contributed by atoms with van der Waals surface area (Å²) in [6.07, 6.45) is 2.50. The third-order valence-electron chi connectivity index (χ3n) is 2.80. The molecular formula is C14H25NO5S. The summed E-state index contributed by atoms with van der Waals surface area (Å²) in [6.45, 7) is 5.55. The van der Waals surface area contributed by atoms with E-state index in [-0.39, 0.29) is 31.4 Å². The van der Waals surface area contributed by atoms with Crippen LogP contribution in [0.15, 0.2) is 0 Å². The normalized spacial score (nSPS) is 11.6. The van der Waals surface area contributed by atoms with Crippen molar-refractivity contribution < 1.29 is 23.9 Å². The summed E-state index contributed by atoms with van der Waals surface area (Å²) in [5.41, 5.74) is 0. The van der Waals surface area contributed by atoms with E-state index >= 15 is 0 Å². The van der Waals surface area contributed by atoms with Gasteiger partial charge in [-0.25, -0.2) is 4.79 Å². The van der Waals surface area contributed by atoms with Crippen molar-refractivity contribution in [2.24, 2.45) is 0 Å². The summed E-state index contributed by atoms with van der Waals surface area (Å²) in [5.74, 6) is -0.326. The fraction of sp³-hybridized carbons (Fsp3) is 0.786. The van der Waals surface area contributed by atoms with E-state index < -0.39 is 12.0 Å².